The molecule has 0 aromatic heterocycles. The summed E-state index contributed by atoms with van der Waals surface area (Å²) in [6, 6.07) is -1.03. The van der Waals surface area contributed by atoms with Crippen molar-refractivity contribution in [2.24, 2.45) is 10.4 Å². The fraction of sp³-hybridized carbons (Fsp3) is 1.00. The van der Waals surface area contributed by atoms with Crippen molar-refractivity contribution in [2.45, 2.75) is 49.6 Å². The van der Waals surface area contributed by atoms with Crippen LogP contribution in [0.15, 0.2) is 10.4 Å². The zero-order valence-electron chi connectivity index (χ0n) is 10.8. The SMILES string of the molecule is O=NC[C@@H]1O[C@H](O[C@H]2COC[C@@H](O)C2)C[C@H](O)[C@H]1N=O. The number of hydrogen-bond acceptors (Lipinski definition) is 9. The van der Waals surface area contributed by atoms with Gasteiger partial charge in [0, 0.05) is 12.8 Å². The van der Waals surface area contributed by atoms with Crippen molar-refractivity contribution in [3.8, 4) is 0 Å². The van der Waals surface area contributed by atoms with Crippen LogP contribution in [-0.4, -0.2) is 66.7 Å². The van der Waals surface area contributed by atoms with Crippen LogP contribution in [0.1, 0.15) is 12.8 Å². The van der Waals surface area contributed by atoms with E-state index in [9.17, 15) is 20.0 Å². The second-order valence-corrected chi connectivity index (χ2v) is 5.00. The molecule has 0 aromatic carbocycles. The van der Waals surface area contributed by atoms with Crippen LogP contribution >= 0.6 is 0 Å². The van der Waals surface area contributed by atoms with Gasteiger partial charge >= 0.3 is 0 Å². The smallest absolute Gasteiger partial charge is 0.161 e. The van der Waals surface area contributed by atoms with Crippen molar-refractivity contribution in [2.75, 3.05) is 19.8 Å². The normalized spacial score (nSPS) is 42.1. The van der Waals surface area contributed by atoms with Crippen molar-refractivity contribution < 1.29 is 24.4 Å². The number of hydrogen-bond donors (Lipinski definition) is 2. The maximum Gasteiger partial charge on any atom is 0.161 e. The number of nitroso groups, excluding NO2 is 2. The zero-order chi connectivity index (χ0) is 14.5. The first-order valence-corrected chi connectivity index (χ1v) is 6.50. The van der Waals surface area contributed by atoms with Crippen molar-refractivity contribution in [3.05, 3.63) is 9.81 Å². The van der Waals surface area contributed by atoms with Crippen LogP contribution in [0, 0.1) is 9.81 Å². The summed E-state index contributed by atoms with van der Waals surface area (Å²) in [6.45, 7) is 0.304. The predicted octanol–water partition coefficient (Wildman–Crippen LogP) is -0.470. The monoisotopic (exact) mass is 290 g/mol. The van der Waals surface area contributed by atoms with Crippen LogP contribution < -0.4 is 0 Å². The topological polar surface area (TPSA) is 127 Å². The van der Waals surface area contributed by atoms with Gasteiger partial charge in [-0.25, -0.2) is 0 Å². The Morgan fingerprint density at radius 2 is 2.00 bits per heavy atom. The maximum atomic E-state index is 10.7. The summed E-state index contributed by atoms with van der Waals surface area (Å²) in [6.07, 6.45) is -3.21. The molecule has 0 saturated carbocycles. The van der Waals surface area contributed by atoms with E-state index >= 15 is 0 Å². The lowest BCUT2D eigenvalue weighted by Crippen LogP contribution is -2.50. The van der Waals surface area contributed by atoms with Crippen LogP contribution in [0.5, 0.6) is 0 Å². The van der Waals surface area contributed by atoms with E-state index in [4.69, 9.17) is 14.2 Å². The molecule has 0 unspecified atom stereocenters. The van der Waals surface area contributed by atoms with E-state index in [1.807, 2.05) is 0 Å². The van der Waals surface area contributed by atoms with Crippen LogP contribution in [0.2, 0.25) is 0 Å². The molecule has 2 N–H and O–H groups in total. The van der Waals surface area contributed by atoms with E-state index < -0.39 is 30.6 Å². The quantitative estimate of drug-likeness (QED) is 0.655. The second kappa shape index (κ2) is 7.14. The van der Waals surface area contributed by atoms with Crippen LogP contribution in [-0.2, 0) is 14.2 Å². The first-order valence-electron chi connectivity index (χ1n) is 6.50. The third kappa shape index (κ3) is 3.76. The summed E-state index contributed by atoms with van der Waals surface area (Å²) in [4.78, 5) is 21.0. The third-order valence-electron chi connectivity index (χ3n) is 3.41. The molecule has 0 amide bonds. The molecule has 2 fully saturated rings. The maximum absolute atomic E-state index is 10.7. The van der Waals surface area contributed by atoms with Gasteiger partial charge in [0.2, 0.25) is 0 Å². The Morgan fingerprint density at radius 3 is 2.65 bits per heavy atom. The van der Waals surface area contributed by atoms with E-state index in [1.165, 1.54) is 0 Å². The second-order valence-electron chi connectivity index (χ2n) is 5.00. The first-order chi connectivity index (χ1) is 9.63. The average molecular weight is 290 g/mol. The fourth-order valence-corrected chi connectivity index (χ4v) is 2.45. The van der Waals surface area contributed by atoms with E-state index in [0.717, 1.165) is 0 Å². The molecule has 0 aromatic rings. The van der Waals surface area contributed by atoms with Crippen LogP contribution in [0.4, 0.5) is 0 Å². The van der Waals surface area contributed by atoms with E-state index in [1.54, 1.807) is 0 Å². The van der Waals surface area contributed by atoms with Gasteiger partial charge < -0.3 is 24.4 Å². The van der Waals surface area contributed by atoms with E-state index in [2.05, 4.69) is 10.4 Å². The molecular weight excluding hydrogens is 272 g/mol. The Balaban J connectivity index is 1.91. The minimum atomic E-state index is -1.05. The molecule has 6 atom stereocenters. The molecule has 0 spiro atoms. The standard InChI is InChI=1S/C11H18N2O7/c14-6-1-7(5-18-4-6)19-10-2-8(15)11(13-17)9(20-10)3-12-16/h6-11,14-15H,1-5H2/t6-,7+,8-,9-,10-,11+/m0/s1. The summed E-state index contributed by atoms with van der Waals surface area (Å²) in [5, 5.41) is 24.8. The first kappa shape index (κ1) is 15.4. The Morgan fingerprint density at radius 1 is 1.20 bits per heavy atom. The minimum Gasteiger partial charge on any atom is -0.391 e. The molecule has 0 bridgehead atoms. The lowest BCUT2D eigenvalue weighted by atomic mass is 9.99. The molecule has 9 nitrogen and oxygen atoms in total. The molecule has 0 radical (unpaired) electrons. The van der Waals surface area contributed by atoms with Gasteiger partial charge in [-0.05, 0) is 0 Å². The number of rotatable bonds is 5. The highest BCUT2D eigenvalue weighted by Crippen LogP contribution is 2.26. The van der Waals surface area contributed by atoms with Crippen molar-refractivity contribution in [1.29, 1.82) is 0 Å². The van der Waals surface area contributed by atoms with Gasteiger partial charge in [-0.3, -0.25) is 0 Å². The molecule has 0 aliphatic carbocycles. The Labute approximate surface area is 115 Å². The highest BCUT2D eigenvalue weighted by molar-refractivity contribution is 4.90. The van der Waals surface area contributed by atoms with Crippen molar-refractivity contribution >= 4 is 0 Å². The van der Waals surface area contributed by atoms with Gasteiger partial charge in [-0.1, -0.05) is 10.4 Å². The van der Waals surface area contributed by atoms with Gasteiger partial charge in [0.05, 0.1) is 31.5 Å². The van der Waals surface area contributed by atoms with Gasteiger partial charge in [0.1, 0.15) is 18.7 Å². The lowest BCUT2D eigenvalue weighted by Gasteiger charge is -2.37. The fourth-order valence-electron chi connectivity index (χ4n) is 2.45. The largest absolute Gasteiger partial charge is 0.391 e. The summed E-state index contributed by atoms with van der Waals surface area (Å²) in [7, 11) is 0. The number of ether oxygens (including phenoxy) is 3. The summed E-state index contributed by atoms with van der Waals surface area (Å²) < 4.78 is 16.2. The summed E-state index contributed by atoms with van der Waals surface area (Å²) >= 11 is 0. The number of aliphatic hydroxyl groups excluding tert-OH is 2. The molecule has 2 saturated heterocycles. The van der Waals surface area contributed by atoms with Gasteiger partial charge in [-0.2, -0.15) is 9.81 Å². The molecule has 9 heteroatoms. The highest BCUT2D eigenvalue weighted by Gasteiger charge is 2.41. The van der Waals surface area contributed by atoms with Crippen LogP contribution in [0.25, 0.3) is 0 Å². The summed E-state index contributed by atoms with van der Waals surface area (Å²) in [5.74, 6) is 0. The van der Waals surface area contributed by atoms with Gasteiger partial charge in [0.15, 0.2) is 6.29 Å². The molecule has 2 aliphatic heterocycles. The molecule has 114 valence electrons. The molecule has 2 aliphatic rings. The zero-order valence-corrected chi connectivity index (χ0v) is 10.8. The highest BCUT2D eigenvalue weighted by atomic mass is 16.7. The molecule has 2 rings (SSSR count). The Kier molecular flexibility index (Phi) is 5.49. The van der Waals surface area contributed by atoms with E-state index in [-0.39, 0.29) is 25.7 Å². The molecular formula is C11H18N2O7. The third-order valence-corrected chi connectivity index (χ3v) is 3.41. The number of nitrogens with zero attached hydrogens (tertiary/aromatic N) is 2. The lowest BCUT2D eigenvalue weighted by molar-refractivity contribution is -0.252. The predicted molar refractivity (Wildman–Crippen MR) is 65.8 cm³/mol. The van der Waals surface area contributed by atoms with Crippen LogP contribution in [0.3, 0.4) is 0 Å². The van der Waals surface area contributed by atoms with Gasteiger partial charge in [-0.15, -0.1) is 0 Å². The average Bonchev–Trinajstić information content (AvgIpc) is 2.39. The molecule has 20 heavy (non-hydrogen) atoms. The molecule has 2 heterocycles. The minimum absolute atomic E-state index is 0.0678. The van der Waals surface area contributed by atoms with Crippen molar-refractivity contribution in [1.82, 2.24) is 0 Å². The Bertz CT molecular complexity index is 343. The van der Waals surface area contributed by atoms with Crippen molar-refractivity contribution in [3.63, 3.8) is 0 Å². The van der Waals surface area contributed by atoms with Gasteiger partial charge in [0.25, 0.3) is 0 Å². The van der Waals surface area contributed by atoms with E-state index in [0.29, 0.717) is 13.0 Å². The summed E-state index contributed by atoms with van der Waals surface area (Å²) in [5.41, 5.74) is 0. The number of aliphatic hydroxyl groups is 2. The Hall–Kier alpha value is -1.00.